The van der Waals surface area contributed by atoms with Crippen LogP contribution in [0.1, 0.15) is 24.0 Å². The molecule has 2 heterocycles. The Morgan fingerprint density at radius 1 is 0.611 bits per heavy atom. The first kappa shape index (κ1) is 24.1. The molecular weight excluding hydrogens is 504 g/mol. The van der Waals surface area contributed by atoms with Gasteiger partial charge < -0.3 is 19.7 Å². The van der Waals surface area contributed by atoms with Gasteiger partial charge in [0.15, 0.2) is 30.6 Å². The number of carbonyl (C=O) groups excluding carboxylic acids is 2. The minimum absolute atomic E-state index is 0.0609. The van der Waals surface area contributed by atoms with E-state index in [1.54, 1.807) is 12.1 Å². The summed E-state index contributed by atoms with van der Waals surface area (Å²) >= 11 is 0. The van der Waals surface area contributed by atoms with Gasteiger partial charge >= 0.3 is 0 Å². The molecule has 0 saturated carbocycles. The van der Waals surface area contributed by atoms with Gasteiger partial charge in [-0.15, -0.1) is 0 Å². The molecular formula is C24H22N4O6S2. The Labute approximate surface area is 209 Å². The van der Waals surface area contributed by atoms with Crippen molar-refractivity contribution in [1.82, 2.24) is 0 Å². The molecule has 2 aliphatic heterocycles. The molecule has 0 bridgehead atoms. The van der Waals surface area contributed by atoms with Crippen molar-refractivity contribution in [1.29, 1.82) is 0 Å². The number of rotatable bonds is 6. The number of nitrogens with one attached hydrogen (secondary N) is 4. The lowest BCUT2D eigenvalue weighted by Gasteiger charge is -2.21. The van der Waals surface area contributed by atoms with Crippen LogP contribution in [0.4, 0.5) is 22.7 Å². The molecule has 5 rings (SSSR count). The van der Waals surface area contributed by atoms with E-state index in [4.69, 9.17) is 0 Å². The van der Waals surface area contributed by atoms with Crippen molar-refractivity contribution in [3.63, 3.8) is 0 Å². The number of hydrogen-bond donors (Lipinski definition) is 4. The van der Waals surface area contributed by atoms with E-state index in [-0.39, 0.29) is 33.0 Å². The molecule has 0 fully saturated rings. The average Bonchev–Trinajstić information content (AvgIpc) is 2.84. The van der Waals surface area contributed by atoms with Crippen LogP contribution in [0.15, 0.2) is 70.5 Å². The fraction of sp³-hybridized carbons (Fsp3) is 0.167. The van der Waals surface area contributed by atoms with Crippen molar-refractivity contribution in [2.45, 2.75) is 35.5 Å². The lowest BCUT2D eigenvalue weighted by Crippen LogP contribution is -2.24. The van der Waals surface area contributed by atoms with Gasteiger partial charge in [0, 0.05) is 36.3 Å². The number of aryl methyl sites for hydroxylation is 2. The molecule has 186 valence electrons. The van der Waals surface area contributed by atoms with Crippen molar-refractivity contribution >= 4 is 55.4 Å². The Kier molecular flexibility index (Phi) is 6.12. The van der Waals surface area contributed by atoms with Crippen molar-refractivity contribution < 1.29 is 27.1 Å². The van der Waals surface area contributed by atoms with Crippen molar-refractivity contribution in [3.8, 4) is 0 Å². The normalized spacial score (nSPS) is 17.9. The van der Waals surface area contributed by atoms with Gasteiger partial charge in [-0.2, -0.15) is 0 Å². The maximum absolute atomic E-state index is 12.9. The fourth-order valence-corrected chi connectivity index (χ4v) is 6.31. The van der Waals surface area contributed by atoms with Crippen LogP contribution in [0.2, 0.25) is 0 Å². The average molecular weight is 527 g/mol. The molecule has 4 N–H and O–H groups in total. The molecule has 2 unspecified atom stereocenters. The highest BCUT2D eigenvalue weighted by molar-refractivity contribution is 7.99. The summed E-state index contributed by atoms with van der Waals surface area (Å²) in [6.07, 6.45) is 1.50. The van der Waals surface area contributed by atoms with E-state index in [1.165, 1.54) is 48.5 Å². The maximum Gasteiger partial charge on any atom is 0.224 e. The van der Waals surface area contributed by atoms with Crippen LogP contribution in [0, 0.1) is 0 Å². The van der Waals surface area contributed by atoms with E-state index in [1.807, 2.05) is 0 Å². The molecule has 10 nitrogen and oxygen atoms in total. The number of anilines is 4. The Morgan fingerprint density at radius 2 is 1.00 bits per heavy atom. The highest BCUT2D eigenvalue weighted by Gasteiger charge is 2.26. The second kappa shape index (κ2) is 9.13. The lowest BCUT2D eigenvalue weighted by molar-refractivity contribution is -0.117. The quantitative estimate of drug-likeness (QED) is 0.359. The largest absolute Gasteiger partial charge is 0.588 e. The van der Waals surface area contributed by atoms with Crippen molar-refractivity contribution in [2.24, 2.45) is 0 Å². The highest BCUT2D eigenvalue weighted by atomic mass is 32.3. The summed E-state index contributed by atoms with van der Waals surface area (Å²) in [5.74, 6) is -0.209. The predicted molar refractivity (Wildman–Crippen MR) is 135 cm³/mol. The Balaban J connectivity index is 1.28. The second-order valence-corrected chi connectivity index (χ2v) is 11.9. The van der Waals surface area contributed by atoms with Gasteiger partial charge in [0.2, 0.25) is 11.8 Å². The molecule has 3 aromatic rings. The van der Waals surface area contributed by atoms with Gasteiger partial charge in [0.05, 0.1) is 11.4 Å². The number of benzene rings is 3. The highest BCUT2D eigenvalue weighted by Crippen LogP contribution is 2.30. The zero-order chi connectivity index (χ0) is 25.5. The SMILES string of the molecule is O=C1CCc2cc([S+](=O)([O-])Nc3ccc(N[S+](=O)([O-])c4ccc5c(c4)CCC(=O)N5)cc3)ccc2N1. The summed E-state index contributed by atoms with van der Waals surface area (Å²) in [5.41, 5.74) is 3.21. The summed E-state index contributed by atoms with van der Waals surface area (Å²) in [6.45, 7) is 0. The van der Waals surface area contributed by atoms with E-state index in [9.17, 15) is 27.1 Å². The number of hydrogen-bond acceptors (Lipinski definition) is 6. The number of amides is 2. The van der Waals surface area contributed by atoms with Crippen LogP contribution < -0.4 is 20.1 Å². The molecule has 2 atom stereocenters. The number of fused-ring (bicyclic) bond motifs is 2. The lowest BCUT2D eigenvalue weighted by atomic mass is 10.0. The van der Waals surface area contributed by atoms with E-state index in [2.05, 4.69) is 20.1 Å². The molecule has 2 aliphatic rings. The van der Waals surface area contributed by atoms with Gasteiger partial charge in [0.25, 0.3) is 0 Å². The predicted octanol–water partition coefficient (Wildman–Crippen LogP) is 3.49. The van der Waals surface area contributed by atoms with Gasteiger partial charge in [-0.1, -0.05) is 8.42 Å². The first-order valence-electron chi connectivity index (χ1n) is 11.1. The van der Waals surface area contributed by atoms with Crippen molar-refractivity contribution in [3.05, 3.63) is 71.8 Å². The molecule has 12 heteroatoms. The summed E-state index contributed by atoms with van der Waals surface area (Å²) < 4.78 is 56.4. The monoisotopic (exact) mass is 526 g/mol. The molecule has 0 radical (unpaired) electrons. The molecule has 36 heavy (non-hydrogen) atoms. The van der Waals surface area contributed by atoms with Crippen LogP contribution in [0.3, 0.4) is 0 Å². The summed E-state index contributed by atoms with van der Waals surface area (Å²) in [6, 6.07) is 14.8. The Hall–Kier alpha value is -3.58. The molecule has 2 amide bonds. The van der Waals surface area contributed by atoms with Gasteiger partial charge in [-0.3, -0.25) is 9.59 Å². The van der Waals surface area contributed by atoms with Crippen LogP contribution in [-0.4, -0.2) is 20.9 Å². The summed E-state index contributed by atoms with van der Waals surface area (Å²) in [7, 11) is -7.79. The third-order valence-electron chi connectivity index (χ3n) is 5.95. The molecule has 0 saturated heterocycles. The van der Waals surface area contributed by atoms with Crippen LogP contribution in [0.5, 0.6) is 0 Å². The summed E-state index contributed by atoms with van der Waals surface area (Å²) in [5, 5.41) is 5.43. The standard InChI is InChI=1S/C24H22N4O6S2/c29-23-11-1-15-13-19(7-9-21(15)25-23)35(31,32)27-17-3-5-18(6-4-17)28-36(33,34)20-8-10-22-16(14-20)2-12-24(30)26-22/h3-10,13-14H,1-2,11-12H2,(H4-2,25,26,27,28,29,30,31,32,33,34). The minimum atomic E-state index is -3.90. The Bertz CT molecular complexity index is 1360. The number of sulfonamides is 2. The molecule has 3 aromatic carbocycles. The van der Waals surface area contributed by atoms with E-state index in [0.29, 0.717) is 37.1 Å². The van der Waals surface area contributed by atoms with Crippen LogP contribution in [0.25, 0.3) is 0 Å². The van der Waals surface area contributed by atoms with Crippen LogP contribution >= 0.6 is 0 Å². The molecule has 0 spiro atoms. The molecule has 0 aliphatic carbocycles. The zero-order valence-corrected chi connectivity index (χ0v) is 20.5. The first-order chi connectivity index (χ1) is 17.1. The smallest absolute Gasteiger partial charge is 0.224 e. The van der Waals surface area contributed by atoms with E-state index >= 15 is 0 Å². The van der Waals surface area contributed by atoms with Crippen molar-refractivity contribution in [2.75, 3.05) is 20.1 Å². The Morgan fingerprint density at radius 3 is 1.39 bits per heavy atom. The maximum atomic E-state index is 12.9. The third kappa shape index (κ3) is 5.02. The summed E-state index contributed by atoms with van der Waals surface area (Å²) in [4.78, 5) is 23.1. The first-order valence-corrected chi connectivity index (χ1v) is 14.1. The molecule has 0 aromatic heterocycles. The van der Waals surface area contributed by atoms with Gasteiger partial charge in [-0.25, -0.2) is 9.44 Å². The number of carbonyl (C=O) groups is 2. The van der Waals surface area contributed by atoms with E-state index < -0.39 is 20.8 Å². The van der Waals surface area contributed by atoms with Gasteiger partial charge in [0.1, 0.15) is 0 Å². The van der Waals surface area contributed by atoms with Gasteiger partial charge in [-0.05, 0) is 72.5 Å². The topological polar surface area (TPSA) is 163 Å². The third-order valence-corrected chi connectivity index (χ3v) is 8.71. The second-order valence-electron chi connectivity index (χ2n) is 8.52. The fourth-order valence-electron chi connectivity index (χ4n) is 4.09. The minimum Gasteiger partial charge on any atom is -0.588 e. The van der Waals surface area contributed by atoms with E-state index in [0.717, 1.165) is 11.1 Å². The zero-order valence-electron chi connectivity index (χ0n) is 18.9. The van der Waals surface area contributed by atoms with Crippen LogP contribution in [-0.2, 0) is 51.6 Å².